The Morgan fingerprint density at radius 1 is 1.30 bits per heavy atom. The Bertz CT molecular complexity index is 894. The van der Waals surface area contributed by atoms with Crippen LogP contribution in [0.25, 0.3) is 0 Å². The SMILES string of the molecule is CCSc1nnc(NC(=O)C2CCN(S(=O)(=O)c3ccc(Cl)cc3)CC2)s1. The van der Waals surface area contributed by atoms with E-state index in [9.17, 15) is 13.2 Å². The van der Waals surface area contributed by atoms with Crippen molar-refractivity contribution in [1.29, 1.82) is 0 Å². The van der Waals surface area contributed by atoms with Crippen LogP contribution in [0.15, 0.2) is 33.5 Å². The molecule has 1 aliphatic heterocycles. The zero-order valence-corrected chi connectivity index (χ0v) is 17.8. The van der Waals surface area contributed by atoms with E-state index >= 15 is 0 Å². The molecule has 1 amide bonds. The Labute approximate surface area is 171 Å². The van der Waals surface area contributed by atoms with E-state index in [-0.39, 0.29) is 16.7 Å². The maximum absolute atomic E-state index is 12.7. The van der Waals surface area contributed by atoms with Crippen molar-refractivity contribution in [1.82, 2.24) is 14.5 Å². The minimum Gasteiger partial charge on any atom is -0.300 e. The van der Waals surface area contributed by atoms with Gasteiger partial charge in [-0.15, -0.1) is 10.2 Å². The largest absolute Gasteiger partial charge is 0.300 e. The van der Waals surface area contributed by atoms with Crippen LogP contribution in [0.1, 0.15) is 19.8 Å². The summed E-state index contributed by atoms with van der Waals surface area (Å²) in [6, 6.07) is 6.11. The Balaban J connectivity index is 1.57. The zero-order valence-electron chi connectivity index (χ0n) is 14.6. The fourth-order valence-corrected chi connectivity index (χ4v) is 6.01. The summed E-state index contributed by atoms with van der Waals surface area (Å²) in [4.78, 5) is 12.6. The number of piperidine rings is 1. The van der Waals surface area contributed by atoms with Crippen LogP contribution in [-0.4, -0.2) is 47.7 Å². The summed E-state index contributed by atoms with van der Waals surface area (Å²) in [5.74, 6) is 0.513. The molecule has 11 heteroatoms. The summed E-state index contributed by atoms with van der Waals surface area (Å²) < 4.78 is 27.6. The molecule has 1 N–H and O–H groups in total. The molecule has 0 unspecified atom stereocenters. The molecule has 146 valence electrons. The highest BCUT2D eigenvalue weighted by molar-refractivity contribution is 8.01. The lowest BCUT2D eigenvalue weighted by atomic mass is 9.97. The third kappa shape index (κ3) is 5.00. The molecule has 1 aromatic carbocycles. The van der Waals surface area contributed by atoms with Gasteiger partial charge in [-0.05, 0) is 42.9 Å². The van der Waals surface area contributed by atoms with Gasteiger partial charge >= 0.3 is 0 Å². The van der Waals surface area contributed by atoms with E-state index < -0.39 is 10.0 Å². The van der Waals surface area contributed by atoms with Gasteiger partial charge in [0.25, 0.3) is 0 Å². The van der Waals surface area contributed by atoms with E-state index in [0.717, 1.165) is 10.1 Å². The summed E-state index contributed by atoms with van der Waals surface area (Å²) in [7, 11) is -3.57. The van der Waals surface area contributed by atoms with Crippen molar-refractivity contribution in [2.45, 2.75) is 29.0 Å². The van der Waals surface area contributed by atoms with Crippen LogP contribution >= 0.6 is 34.7 Å². The molecule has 0 saturated carbocycles. The van der Waals surface area contributed by atoms with Gasteiger partial charge < -0.3 is 5.32 Å². The minimum atomic E-state index is -3.57. The summed E-state index contributed by atoms with van der Waals surface area (Å²) in [6.07, 6.45) is 0.933. The lowest BCUT2D eigenvalue weighted by Crippen LogP contribution is -2.41. The standard InChI is InChI=1S/C16H19ClN4O3S3/c1-2-25-16-20-19-15(26-16)18-14(22)11-7-9-21(10-8-11)27(23,24)13-5-3-12(17)4-6-13/h3-6,11H,2,7-10H2,1H3,(H,18,19,22). The molecule has 0 atom stereocenters. The predicted octanol–water partition coefficient (Wildman–Crippen LogP) is 3.34. The van der Waals surface area contributed by atoms with Crippen LogP contribution in [-0.2, 0) is 14.8 Å². The molecule has 7 nitrogen and oxygen atoms in total. The van der Waals surface area contributed by atoms with Crippen molar-refractivity contribution in [3.63, 3.8) is 0 Å². The van der Waals surface area contributed by atoms with Crippen LogP contribution in [0.5, 0.6) is 0 Å². The molecule has 0 radical (unpaired) electrons. The third-order valence-electron chi connectivity index (χ3n) is 4.18. The van der Waals surface area contributed by atoms with E-state index in [4.69, 9.17) is 11.6 Å². The van der Waals surface area contributed by atoms with Crippen LogP contribution in [0.4, 0.5) is 5.13 Å². The highest BCUT2D eigenvalue weighted by atomic mass is 35.5. The first-order chi connectivity index (χ1) is 12.9. The second-order valence-electron chi connectivity index (χ2n) is 5.93. The van der Waals surface area contributed by atoms with Crippen LogP contribution < -0.4 is 5.32 Å². The summed E-state index contributed by atoms with van der Waals surface area (Å²) in [6.45, 7) is 2.63. The van der Waals surface area contributed by atoms with Gasteiger partial charge in [0.15, 0.2) is 4.34 Å². The summed E-state index contributed by atoms with van der Waals surface area (Å²) >= 11 is 8.74. The number of carbonyl (C=O) groups excluding carboxylic acids is 1. The van der Waals surface area contributed by atoms with Gasteiger partial charge in [0.05, 0.1) is 4.90 Å². The molecule has 1 aliphatic rings. The van der Waals surface area contributed by atoms with Crippen molar-refractivity contribution < 1.29 is 13.2 Å². The van der Waals surface area contributed by atoms with E-state index in [2.05, 4.69) is 15.5 Å². The van der Waals surface area contributed by atoms with Crippen molar-refractivity contribution in [3.05, 3.63) is 29.3 Å². The smallest absolute Gasteiger partial charge is 0.243 e. The number of nitrogens with one attached hydrogen (secondary N) is 1. The lowest BCUT2D eigenvalue weighted by Gasteiger charge is -2.30. The number of nitrogens with zero attached hydrogens (tertiary/aromatic N) is 3. The van der Waals surface area contributed by atoms with Gasteiger partial charge in [-0.3, -0.25) is 4.79 Å². The van der Waals surface area contributed by atoms with E-state index in [1.165, 1.54) is 27.8 Å². The Morgan fingerprint density at radius 2 is 1.96 bits per heavy atom. The Morgan fingerprint density at radius 3 is 2.59 bits per heavy atom. The van der Waals surface area contributed by atoms with E-state index in [1.807, 2.05) is 6.92 Å². The minimum absolute atomic E-state index is 0.136. The maximum Gasteiger partial charge on any atom is 0.243 e. The number of benzene rings is 1. The number of thioether (sulfide) groups is 1. The first kappa shape index (κ1) is 20.5. The second-order valence-corrected chi connectivity index (χ2v) is 10.8. The number of aromatic nitrogens is 2. The molecule has 0 bridgehead atoms. The lowest BCUT2D eigenvalue weighted by molar-refractivity contribution is -0.120. The molecule has 2 heterocycles. The fraction of sp³-hybridized carbons (Fsp3) is 0.438. The van der Waals surface area contributed by atoms with Gasteiger partial charge in [-0.1, -0.05) is 41.6 Å². The first-order valence-corrected chi connectivity index (χ1v) is 12.0. The highest BCUT2D eigenvalue weighted by Crippen LogP contribution is 2.28. The maximum atomic E-state index is 12.7. The number of amides is 1. The number of hydrogen-bond acceptors (Lipinski definition) is 7. The van der Waals surface area contributed by atoms with Crippen LogP contribution in [0.3, 0.4) is 0 Å². The molecule has 1 fully saturated rings. The van der Waals surface area contributed by atoms with Gasteiger partial charge in [-0.2, -0.15) is 4.31 Å². The summed E-state index contributed by atoms with van der Waals surface area (Å²) in [5.41, 5.74) is 0. The fourth-order valence-electron chi connectivity index (χ4n) is 2.76. The molecule has 1 saturated heterocycles. The topological polar surface area (TPSA) is 92.3 Å². The summed E-state index contributed by atoms with van der Waals surface area (Å²) in [5, 5.41) is 11.7. The van der Waals surface area contributed by atoms with Crippen LogP contribution in [0.2, 0.25) is 5.02 Å². The number of anilines is 1. The van der Waals surface area contributed by atoms with Gasteiger partial charge in [0.2, 0.25) is 21.1 Å². The Hall–Kier alpha value is -1.20. The normalized spacial score (nSPS) is 16.4. The van der Waals surface area contributed by atoms with Crippen LogP contribution in [0, 0.1) is 5.92 Å². The van der Waals surface area contributed by atoms with Gasteiger partial charge in [-0.25, -0.2) is 8.42 Å². The first-order valence-electron chi connectivity index (χ1n) is 8.43. The molecular formula is C16H19ClN4O3S3. The van der Waals surface area contributed by atoms with Crippen molar-refractivity contribution in [2.75, 3.05) is 24.2 Å². The molecule has 27 heavy (non-hydrogen) atoms. The molecule has 2 aromatic rings. The molecule has 0 spiro atoms. The van der Waals surface area contributed by atoms with Gasteiger partial charge in [0, 0.05) is 24.0 Å². The number of rotatable bonds is 6. The molecule has 3 rings (SSSR count). The number of sulfonamides is 1. The van der Waals surface area contributed by atoms with E-state index in [1.54, 1.807) is 23.9 Å². The van der Waals surface area contributed by atoms with Crippen molar-refractivity contribution in [2.24, 2.45) is 5.92 Å². The van der Waals surface area contributed by atoms with Crippen molar-refractivity contribution >= 4 is 55.8 Å². The number of hydrogen-bond donors (Lipinski definition) is 1. The second kappa shape index (κ2) is 8.87. The Kier molecular flexibility index (Phi) is 6.74. The van der Waals surface area contributed by atoms with Crippen molar-refractivity contribution in [3.8, 4) is 0 Å². The molecule has 1 aromatic heterocycles. The molecular weight excluding hydrogens is 428 g/mol. The van der Waals surface area contributed by atoms with E-state index in [0.29, 0.717) is 36.1 Å². The zero-order chi connectivity index (χ0) is 19.4. The quantitative estimate of drug-likeness (QED) is 0.540. The number of halogens is 1. The van der Waals surface area contributed by atoms with Gasteiger partial charge in [0.1, 0.15) is 0 Å². The monoisotopic (exact) mass is 446 g/mol. The average molecular weight is 447 g/mol. The number of carbonyl (C=O) groups is 1. The molecule has 0 aliphatic carbocycles. The highest BCUT2D eigenvalue weighted by Gasteiger charge is 2.32. The third-order valence-corrected chi connectivity index (χ3v) is 8.20. The average Bonchev–Trinajstić information content (AvgIpc) is 3.09. The predicted molar refractivity (Wildman–Crippen MR) is 108 cm³/mol.